The number of H-pyrrole nitrogens is 2. The first-order valence-corrected chi connectivity index (χ1v) is 13.7. The van der Waals surface area contributed by atoms with Crippen LogP contribution in [0.2, 0.25) is 0 Å². The number of imide groups is 1. The van der Waals surface area contributed by atoms with Gasteiger partial charge in [0.15, 0.2) is 11.5 Å². The van der Waals surface area contributed by atoms with E-state index in [4.69, 9.17) is 14.7 Å². The van der Waals surface area contributed by atoms with Crippen molar-refractivity contribution >= 4 is 34.4 Å². The van der Waals surface area contributed by atoms with Crippen LogP contribution in [0.4, 0.5) is 15.3 Å². The summed E-state index contributed by atoms with van der Waals surface area (Å²) >= 11 is 0. The zero-order valence-electron chi connectivity index (χ0n) is 25.7. The number of carbonyl (C=O) groups is 2. The lowest BCUT2D eigenvalue weighted by molar-refractivity contribution is 0.0430. The number of aromatic nitrogens is 6. The van der Waals surface area contributed by atoms with Crippen molar-refractivity contribution in [2.24, 2.45) is 0 Å². The highest BCUT2D eigenvalue weighted by atomic mass is 16.6. The van der Waals surface area contributed by atoms with Crippen molar-refractivity contribution < 1.29 is 19.1 Å². The van der Waals surface area contributed by atoms with Crippen LogP contribution in [0.3, 0.4) is 0 Å². The third kappa shape index (κ3) is 6.98. The molecule has 0 saturated heterocycles. The third-order valence-electron chi connectivity index (χ3n) is 5.87. The van der Waals surface area contributed by atoms with E-state index in [2.05, 4.69) is 31.3 Å². The number of fused-ring (bicyclic) bond motifs is 3. The molecule has 3 heterocycles. The molecule has 15 nitrogen and oxygen atoms in total. The van der Waals surface area contributed by atoms with Crippen LogP contribution in [0.5, 0.6) is 0 Å². The van der Waals surface area contributed by atoms with Crippen LogP contribution in [0.1, 0.15) is 58.2 Å². The molecule has 15 heteroatoms. The molecule has 0 radical (unpaired) electrons. The van der Waals surface area contributed by atoms with Crippen molar-refractivity contribution in [3.8, 4) is 29.6 Å². The number of nitriles is 3. The van der Waals surface area contributed by atoms with Gasteiger partial charge in [-0.05, 0) is 65.8 Å². The lowest BCUT2D eigenvalue weighted by Gasteiger charge is -2.29. The summed E-state index contributed by atoms with van der Waals surface area (Å²) in [5.41, 5.74) is -0.462. The lowest BCUT2D eigenvalue weighted by Crippen LogP contribution is -2.44. The summed E-state index contributed by atoms with van der Waals surface area (Å²) in [5, 5.41) is 39.1. The molecule has 0 aliphatic rings. The van der Waals surface area contributed by atoms with Crippen LogP contribution in [0, 0.1) is 34.0 Å². The molecule has 0 aliphatic heterocycles. The number of amides is 2. The maximum absolute atomic E-state index is 12.6. The van der Waals surface area contributed by atoms with Crippen LogP contribution >= 0.6 is 0 Å². The highest BCUT2D eigenvalue weighted by molar-refractivity contribution is 6.11. The Hall–Kier alpha value is -6.53. The molecule has 0 unspecified atom stereocenters. The number of aromatic amines is 2. The van der Waals surface area contributed by atoms with Gasteiger partial charge in [0.1, 0.15) is 29.4 Å². The molecule has 0 atom stereocenters. The fourth-order valence-electron chi connectivity index (χ4n) is 4.09. The van der Waals surface area contributed by atoms with Gasteiger partial charge in [-0.2, -0.15) is 30.3 Å². The van der Waals surface area contributed by atoms with E-state index in [1.54, 1.807) is 72.1 Å². The third-order valence-corrected chi connectivity index (χ3v) is 5.87. The Morgan fingerprint density at radius 1 is 0.870 bits per heavy atom. The smallest absolute Gasteiger partial charge is 0.424 e. The summed E-state index contributed by atoms with van der Waals surface area (Å²) in [6.45, 7) is 9.83. The first-order valence-electron chi connectivity index (χ1n) is 13.7. The number of para-hydroxylation sites is 2. The number of nitrogens with zero attached hydrogens (tertiary/aromatic N) is 8. The Balaban J connectivity index is 0.000000211. The monoisotopic (exact) mass is 620 g/mol. The minimum Gasteiger partial charge on any atom is -0.443 e. The second-order valence-corrected chi connectivity index (χ2v) is 11.6. The Morgan fingerprint density at radius 3 is 1.91 bits per heavy atom. The van der Waals surface area contributed by atoms with Crippen molar-refractivity contribution in [2.45, 2.75) is 52.7 Å². The predicted octanol–water partition coefficient (Wildman–Crippen LogP) is 4.94. The fraction of sp³-hybridized carbons (Fsp3) is 0.258. The van der Waals surface area contributed by atoms with E-state index in [0.717, 1.165) is 0 Å². The molecular formula is C31H28N10O5. The molecule has 5 rings (SSSR count). The topological polar surface area (TPSA) is 219 Å². The molecule has 0 spiro atoms. The van der Waals surface area contributed by atoms with E-state index in [9.17, 15) is 24.9 Å². The summed E-state index contributed by atoms with van der Waals surface area (Å²) in [4.78, 5) is 45.0. The number of hydrogen-bond acceptors (Lipinski definition) is 11. The van der Waals surface area contributed by atoms with Crippen LogP contribution in [0.25, 0.3) is 27.9 Å². The number of benzene rings is 2. The highest BCUT2D eigenvalue weighted by Gasteiger charge is 2.35. The van der Waals surface area contributed by atoms with Gasteiger partial charge < -0.3 is 14.5 Å². The Morgan fingerprint density at radius 2 is 1.41 bits per heavy atom. The molecule has 0 fully saturated rings. The highest BCUT2D eigenvalue weighted by Crippen LogP contribution is 2.29. The van der Waals surface area contributed by atoms with E-state index in [1.807, 2.05) is 12.1 Å². The maximum Gasteiger partial charge on any atom is 0.424 e. The molecule has 2 amide bonds. The van der Waals surface area contributed by atoms with Crippen LogP contribution in [0.15, 0.2) is 53.6 Å². The molecule has 46 heavy (non-hydrogen) atoms. The van der Waals surface area contributed by atoms with E-state index >= 15 is 0 Å². The van der Waals surface area contributed by atoms with E-state index in [0.29, 0.717) is 38.4 Å². The number of ether oxygens (including phenoxy) is 2. The van der Waals surface area contributed by atoms with Gasteiger partial charge >= 0.3 is 17.9 Å². The van der Waals surface area contributed by atoms with Crippen molar-refractivity contribution in [3.05, 3.63) is 76.0 Å². The van der Waals surface area contributed by atoms with Gasteiger partial charge in [0, 0.05) is 11.6 Å². The van der Waals surface area contributed by atoms with Gasteiger partial charge in [-0.3, -0.25) is 5.10 Å². The van der Waals surface area contributed by atoms with Crippen LogP contribution in [-0.2, 0) is 9.47 Å². The normalized spacial score (nSPS) is 11.0. The van der Waals surface area contributed by atoms with Crippen molar-refractivity contribution in [1.29, 1.82) is 15.8 Å². The van der Waals surface area contributed by atoms with Crippen molar-refractivity contribution in [2.75, 3.05) is 4.90 Å². The molecule has 0 aliphatic carbocycles. The minimum atomic E-state index is -1.03. The molecular weight excluding hydrogens is 592 g/mol. The second kappa shape index (κ2) is 12.6. The summed E-state index contributed by atoms with van der Waals surface area (Å²) in [5.74, 6) is 0.393. The first-order chi connectivity index (χ1) is 21.7. The summed E-state index contributed by atoms with van der Waals surface area (Å²) in [7, 11) is 0. The summed E-state index contributed by atoms with van der Waals surface area (Å²) in [6, 6.07) is 15.3. The van der Waals surface area contributed by atoms with Gasteiger partial charge in [0.05, 0.1) is 39.7 Å². The summed E-state index contributed by atoms with van der Waals surface area (Å²) < 4.78 is 11.7. The van der Waals surface area contributed by atoms with Gasteiger partial charge in [0.2, 0.25) is 0 Å². The standard InChI is InChI=1S/C18H21N3O4.C13H7N7O/c1-17(2,3)24-15(22)21(16(23)25-18(4,5)6)14-12(10-19)8-7-9-13(14)11-20;14-4-7-2-1-3-9-10(7)17-13(21)20-12(9)18-11(19-20)8-5-15-16-6-8/h7-9H,1-6H3;1-3,5-6H,(H,15,16)(H,17,21). The molecule has 232 valence electrons. The van der Waals surface area contributed by atoms with Gasteiger partial charge in [0.25, 0.3) is 0 Å². The Kier molecular flexibility index (Phi) is 8.87. The van der Waals surface area contributed by atoms with Crippen molar-refractivity contribution in [3.63, 3.8) is 0 Å². The molecule has 5 aromatic rings. The first kappa shape index (κ1) is 32.4. The molecule has 2 N–H and O–H groups in total. The van der Waals surface area contributed by atoms with E-state index in [1.165, 1.54) is 22.7 Å². The number of rotatable bonds is 2. The zero-order chi connectivity index (χ0) is 33.8. The quantitative estimate of drug-likeness (QED) is 0.269. The second-order valence-electron chi connectivity index (χ2n) is 11.6. The Labute approximate surface area is 262 Å². The number of carbonyl (C=O) groups excluding carboxylic acids is 2. The van der Waals surface area contributed by atoms with Gasteiger partial charge in [-0.25, -0.2) is 19.4 Å². The number of hydrogen-bond donors (Lipinski definition) is 2. The average Bonchev–Trinajstić information content (AvgIpc) is 3.67. The summed E-state index contributed by atoms with van der Waals surface area (Å²) in [6.07, 6.45) is 1.17. The van der Waals surface area contributed by atoms with Gasteiger partial charge in [-0.1, -0.05) is 12.1 Å². The Bertz CT molecular complexity index is 2070. The predicted molar refractivity (Wildman–Crippen MR) is 164 cm³/mol. The zero-order valence-corrected chi connectivity index (χ0v) is 25.7. The molecule has 3 aromatic heterocycles. The maximum atomic E-state index is 12.6. The SMILES string of the molecule is CC(C)(C)OC(=O)N(C(=O)OC(C)(C)C)c1c(C#N)cccc1C#N.N#Cc1cccc2c1[nH]c(=O)n1nc(-c3cn[nH]c3)nc21. The van der Waals surface area contributed by atoms with E-state index < -0.39 is 29.1 Å². The minimum absolute atomic E-state index is 0.0178. The van der Waals surface area contributed by atoms with E-state index in [-0.39, 0.29) is 16.8 Å². The molecule has 0 saturated carbocycles. The average molecular weight is 621 g/mol. The number of anilines is 1. The molecule has 0 bridgehead atoms. The largest absolute Gasteiger partial charge is 0.443 e. The van der Waals surface area contributed by atoms with Gasteiger partial charge in [-0.15, -0.1) is 5.10 Å². The molecule has 2 aromatic carbocycles. The van der Waals surface area contributed by atoms with Crippen LogP contribution < -0.4 is 10.6 Å². The van der Waals surface area contributed by atoms with Crippen LogP contribution in [-0.4, -0.2) is 53.2 Å². The number of nitrogens with one attached hydrogen (secondary N) is 2. The van der Waals surface area contributed by atoms with Crippen molar-refractivity contribution in [1.82, 2.24) is 29.8 Å². The fourth-order valence-corrected chi connectivity index (χ4v) is 4.09. The lowest BCUT2D eigenvalue weighted by atomic mass is 10.1.